The van der Waals surface area contributed by atoms with Crippen molar-refractivity contribution in [1.29, 1.82) is 0 Å². The molecule has 2 rings (SSSR count). The molecule has 3 nitrogen and oxygen atoms in total. The van der Waals surface area contributed by atoms with Gasteiger partial charge < -0.3 is 5.32 Å². The maximum atomic E-state index is 4.66. The molecular weight excluding hydrogens is 302 g/mol. The molecule has 1 heterocycles. The van der Waals surface area contributed by atoms with E-state index in [9.17, 15) is 0 Å². The van der Waals surface area contributed by atoms with E-state index in [1.54, 1.807) is 0 Å². The summed E-state index contributed by atoms with van der Waals surface area (Å²) in [5.41, 5.74) is 3.50. The standard InChI is InChI=1S/C15H20BrN3/c1-4-17-10-12-5-6-13(16)9-15(12)19-8-7-14(18-19)11(2)3/h5-9,11,17H,4,10H2,1-3H3. The van der Waals surface area contributed by atoms with Gasteiger partial charge in [0.2, 0.25) is 0 Å². The SMILES string of the molecule is CCNCc1ccc(Br)cc1-n1ccc(C(C)C)n1. The van der Waals surface area contributed by atoms with Crippen LogP contribution < -0.4 is 5.32 Å². The van der Waals surface area contributed by atoms with Crippen LogP contribution in [0.1, 0.15) is 37.9 Å². The quantitative estimate of drug-likeness (QED) is 0.906. The van der Waals surface area contributed by atoms with Crippen molar-refractivity contribution >= 4 is 15.9 Å². The highest BCUT2D eigenvalue weighted by Crippen LogP contribution is 2.21. The lowest BCUT2D eigenvalue weighted by molar-refractivity contribution is 0.711. The van der Waals surface area contributed by atoms with Crippen LogP contribution in [0.2, 0.25) is 0 Å². The highest BCUT2D eigenvalue weighted by molar-refractivity contribution is 9.10. The smallest absolute Gasteiger partial charge is 0.0701 e. The zero-order valence-electron chi connectivity index (χ0n) is 11.7. The minimum absolute atomic E-state index is 0.450. The largest absolute Gasteiger partial charge is 0.313 e. The first-order valence-corrected chi connectivity index (χ1v) is 7.46. The summed E-state index contributed by atoms with van der Waals surface area (Å²) in [5, 5.41) is 8.03. The first kappa shape index (κ1) is 14.3. The predicted molar refractivity (Wildman–Crippen MR) is 82.7 cm³/mol. The van der Waals surface area contributed by atoms with Gasteiger partial charge >= 0.3 is 0 Å². The van der Waals surface area contributed by atoms with Gasteiger partial charge in [0.15, 0.2) is 0 Å². The van der Waals surface area contributed by atoms with Crippen LogP contribution in [0.15, 0.2) is 34.9 Å². The number of hydrogen-bond acceptors (Lipinski definition) is 2. The third-order valence-corrected chi connectivity index (χ3v) is 3.55. The van der Waals surface area contributed by atoms with Gasteiger partial charge in [0.05, 0.1) is 11.4 Å². The molecule has 0 radical (unpaired) electrons. The predicted octanol–water partition coefficient (Wildman–Crippen LogP) is 3.87. The lowest BCUT2D eigenvalue weighted by Crippen LogP contribution is -2.14. The van der Waals surface area contributed by atoms with Crippen molar-refractivity contribution in [3.8, 4) is 5.69 Å². The monoisotopic (exact) mass is 321 g/mol. The summed E-state index contributed by atoms with van der Waals surface area (Å²) >= 11 is 3.54. The first-order chi connectivity index (χ1) is 9.11. The molecule has 0 spiro atoms. The van der Waals surface area contributed by atoms with Crippen molar-refractivity contribution in [3.63, 3.8) is 0 Å². The fraction of sp³-hybridized carbons (Fsp3) is 0.400. The topological polar surface area (TPSA) is 29.9 Å². The Bertz CT molecular complexity index is 546. The van der Waals surface area contributed by atoms with Crippen molar-refractivity contribution in [1.82, 2.24) is 15.1 Å². The molecule has 0 aliphatic rings. The maximum Gasteiger partial charge on any atom is 0.0701 e. The maximum absolute atomic E-state index is 4.66. The van der Waals surface area contributed by atoms with E-state index in [1.807, 2.05) is 10.9 Å². The summed E-state index contributed by atoms with van der Waals surface area (Å²) in [6, 6.07) is 8.41. The van der Waals surface area contributed by atoms with E-state index in [1.165, 1.54) is 5.56 Å². The van der Waals surface area contributed by atoms with E-state index in [4.69, 9.17) is 0 Å². The van der Waals surface area contributed by atoms with E-state index >= 15 is 0 Å². The summed E-state index contributed by atoms with van der Waals surface area (Å²) < 4.78 is 3.04. The van der Waals surface area contributed by atoms with E-state index in [0.29, 0.717) is 5.92 Å². The normalized spacial score (nSPS) is 11.2. The van der Waals surface area contributed by atoms with Crippen LogP contribution in [0.4, 0.5) is 0 Å². The van der Waals surface area contributed by atoms with Crippen molar-refractivity contribution in [3.05, 3.63) is 46.2 Å². The third-order valence-electron chi connectivity index (χ3n) is 3.06. The minimum Gasteiger partial charge on any atom is -0.313 e. The molecule has 0 bridgehead atoms. The Balaban J connectivity index is 2.37. The molecule has 1 aromatic heterocycles. The van der Waals surface area contributed by atoms with E-state index in [2.05, 4.69) is 71.4 Å². The van der Waals surface area contributed by atoms with Crippen LogP contribution >= 0.6 is 15.9 Å². The summed E-state index contributed by atoms with van der Waals surface area (Å²) in [4.78, 5) is 0. The molecule has 102 valence electrons. The molecule has 1 N–H and O–H groups in total. The van der Waals surface area contributed by atoms with Gasteiger partial charge in [-0.05, 0) is 36.2 Å². The van der Waals surface area contributed by atoms with Crippen molar-refractivity contribution < 1.29 is 0 Å². The van der Waals surface area contributed by atoms with Gasteiger partial charge in [0.1, 0.15) is 0 Å². The van der Waals surface area contributed by atoms with Gasteiger partial charge in [0, 0.05) is 17.2 Å². The van der Waals surface area contributed by atoms with Crippen molar-refractivity contribution in [2.24, 2.45) is 0 Å². The molecule has 19 heavy (non-hydrogen) atoms. The molecule has 0 unspecified atom stereocenters. The molecule has 0 amide bonds. The number of rotatable bonds is 5. The molecule has 0 fully saturated rings. The number of nitrogens with one attached hydrogen (secondary N) is 1. The van der Waals surface area contributed by atoms with Crippen LogP contribution in [-0.2, 0) is 6.54 Å². The number of hydrogen-bond donors (Lipinski definition) is 1. The second-order valence-corrected chi connectivity index (χ2v) is 5.81. The van der Waals surface area contributed by atoms with Gasteiger partial charge in [-0.2, -0.15) is 5.10 Å². The highest BCUT2D eigenvalue weighted by Gasteiger charge is 2.09. The molecule has 0 saturated carbocycles. The minimum atomic E-state index is 0.450. The van der Waals surface area contributed by atoms with E-state index in [-0.39, 0.29) is 0 Å². The van der Waals surface area contributed by atoms with Crippen molar-refractivity contribution in [2.75, 3.05) is 6.54 Å². The zero-order valence-corrected chi connectivity index (χ0v) is 13.2. The first-order valence-electron chi connectivity index (χ1n) is 6.67. The average molecular weight is 322 g/mol. The summed E-state index contributed by atoms with van der Waals surface area (Å²) in [6.45, 7) is 8.26. The molecule has 0 saturated heterocycles. The van der Waals surface area contributed by atoms with E-state index in [0.717, 1.165) is 28.9 Å². The Kier molecular flexibility index (Phi) is 4.77. The van der Waals surface area contributed by atoms with E-state index < -0.39 is 0 Å². The Hall–Kier alpha value is -1.13. The molecule has 1 aromatic carbocycles. The molecule has 0 aliphatic carbocycles. The Morgan fingerprint density at radius 1 is 1.32 bits per heavy atom. The summed E-state index contributed by atoms with van der Waals surface area (Å²) in [7, 11) is 0. The lowest BCUT2D eigenvalue weighted by atomic mass is 10.1. The Labute approximate surface area is 123 Å². The Morgan fingerprint density at radius 2 is 2.11 bits per heavy atom. The second-order valence-electron chi connectivity index (χ2n) is 4.89. The number of aromatic nitrogens is 2. The fourth-order valence-corrected chi connectivity index (χ4v) is 2.29. The number of halogens is 1. The Morgan fingerprint density at radius 3 is 2.74 bits per heavy atom. The van der Waals surface area contributed by atoms with Crippen LogP contribution in [-0.4, -0.2) is 16.3 Å². The zero-order chi connectivity index (χ0) is 13.8. The van der Waals surface area contributed by atoms with Crippen molar-refractivity contribution in [2.45, 2.75) is 33.2 Å². The molecule has 4 heteroatoms. The van der Waals surface area contributed by atoms with Crippen LogP contribution in [0.3, 0.4) is 0 Å². The van der Waals surface area contributed by atoms with Crippen LogP contribution in [0.25, 0.3) is 5.69 Å². The second kappa shape index (κ2) is 6.35. The van der Waals surface area contributed by atoms with Gasteiger partial charge in [-0.3, -0.25) is 0 Å². The van der Waals surface area contributed by atoms with Gasteiger partial charge in [-0.15, -0.1) is 0 Å². The van der Waals surface area contributed by atoms with Crippen LogP contribution in [0, 0.1) is 0 Å². The third kappa shape index (κ3) is 3.45. The molecule has 0 atom stereocenters. The molecule has 2 aromatic rings. The van der Waals surface area contributed by atoms with Gasteiger partial charge in [-0.1, -0.05) is 42.8 Å². The molecular formula is C15H20BrN3. The van der Waals surface area contributed by atoms with Gasteiger partial charge in [0.25, 0.3) is 0 Å². The number of nitrogens with zero attached hydrogens (tertiary/aromatic N) is 2. The highest BCUT2D eigenvalue weighted by atomic mass is 79.9. The fourth-order valence-electron chi connectivity index (χ4n) is 1.94. The number of benzene rings is 1. The lowest BCUT2D eigenvalue weighted by Gasteiger charge is -2.11. The summed E-state index contributed by atoms with van der Waals surface area (Å²) in [6.07, 6.45) is 2.03. The van der Waals surface area contributed by atoms with Crippen LogP contribution in [0.5, 0.6) is 0 Å². The molecule has 0 aliphatic heterocycles. The van der Waals surface area contributed by atoms with Gasteiger partial charge in [-0.25, -0.2) is 4.68 Å². The average Bonchev–Trinajstić information content (AvgIpc) is 2.87. The summed E-state index contributed by atoms with van der Waals surface area (Å²) in [5.74, 6) is 0.450.